The summed E-state index contributed by atoms with van der Waals surface area (Å²) in [6.45, 7) is 0. The largest absolute Gasteiger partial charge is 0.497 e. The average Bonchev–Trinajstić information content (AvgIpc) is 3.18. The SMILES string of the molecule is COc1cccc(/C=C/c2nc(-c3ccccc3)c(-c3ccccc3)o2)c1. The second kappa shape index (κ2) is 7.75. The molecule has 0 unspecified atom stereocenters. The van der Waals surface area contributed by atoms with E-state index < -0.39 is 0 Å². The highest BCUT2D eigenvalue weighted by atomic mass is 16.5. The molecule has 1 heterocycles. The first kappa shape index (κ1) is 16.9. The van der Waals surface area contributed by atoms with Gasteiger partial charge in [0.2, 0.25) is 5.89 Å². The first-order valence-corrected chi connectivity index (χ1v) is 8.77. The molecule has 27 heavy (non-hydrogen) atoms. The normalized spacial score (nSPS) is 11.0. The Morgan fingerprint density at radius 3 is 2.19 bits per heavy atom. The predicted molar refractivity (Wildman–Crippen MR) is 109 cm³/mol. The quantitative estimate of drug-likeness (QED) is 0.429. The van der Waals surface area contributed by atoms with E-state index in [-0.39, 0.29) is 0 Å². The number of aromatic nitrogens is 1. The van der Waals surface area contributed by atoms with E-state index >= 15 is 0 Å². The van der Waals surface area contributed by atoms with Crippen LogP contribution in [0.2, 0.25) is 0 Å². The van der Waals surface area contributed by atoms with Crippen molar-refractivity contribution >= 4 is 12.2 Å². The van der Waals surface area contributed by atoms with E-state index in [1.54, 1.807) is 7.11 Å². The van der Waals surface area contributed by atoms with Crippen LogP contribution in [0.1, 0.15) is 11.5 Å². The van der Waals surface area contributed by atoms with E-state index in [1.807, 2.05) is 97.1 Å². The van der Waals surface area contributed by atoms with Crippen molar-refractivity contribution in [3.05, 3.63) is 96.4 Å². The zero-order chi connectivity index (χ0) is 18.5. The minimum atomic E-state index is 0.565. The number of hydrogen-bond donors (Lipinski definition) is 0. The van der Waals surface area contributed by atoms with Crippen LogP contribution in [0.3, 0.4) is 0 Å². The molecule has 4 rings (SSSR count). The van der Waals surface area contributed by atoms with Gasteiger partial charge in [-0.05, 0) is 23.8 Å². The molecular formula is C24H19NO2. The van der Waals surface area contributed by atoms with Crippen LogP contribution in [-0.4, -0.2) is 12.1 Å². The molecule has 0 aliphatic heterocycles. The molecule has 3 heteroatoms. The fourth-order valence-electron chi connectivity index (χ4n) is 2.90. The van der Waals surface area contributed by atoms with Gasteiger partial charge in [-0.1, -0.05) is 72.8 Å². The van der Waals surface area contributed by atoms with Crippen LogP contribution < -0.4 is 4.74 Å². The van der Waals surface area contributed by atoms with Crippen molar-refractivity contribution in [2.45, 2.75) is 0 Å². The van der Waals surface area contributed by atoms with Gasteiger partial charge in [0.25, 0.3) is 0 Å². The number of hydrogen-bond acceptors (Lipinski definition) is 3. The summed E-state index contributed by atoms with van der Waals surface area (Å²) in [6, 6.07) is 28.0. The Kier molecular flexibility index (Phi) is 4.84. The fraction of sp³-hybridized carbons (Fsp3) is 0.0417. The maximum absolute atomic E-state index is 6.10. The number of benzene rings is 3. The summed E-state index contributed by atoms with van der Waals surface area (Å²) in [5.41, 5.74) is 3.90. The van der Waals surface area contributed by atoms with E-state index in [9.17, 15) is 0 Å². The van der Waals surface area contributed by atoms with Gasteiger partial charge in [0.05, 0.1) is 7.11 Å². The van der Waals surface area contributed by atoms with Crippen LogP contribution in [0.5, 0.6) is 5.75 Å². The lowest BCUT2D eigenvalue weighted by atomic mass is 10.1. The molecule has 0 aliphatic carbocycles. The van der Waals surface area contributed by atoms with Crippen molar-refractivity contribution in [3.8, 4) is 28.3 Å². The molecule has 0 saturated heterocycles. The van der Waals surface area contributed by atoms with Gasteiger partial charge in [-0.25, -0.2) is 4.98 Å². The molecule has 0 N–H and O–H groups in total. The van der Waals surface area contributed by atoms with Crippen LogP contribution in [-0.2, 0) is 0 Å². The Hall–Kier alpha value is -3.59. The number of rotatable bonds is 5. The second-order valence-corrected chi connectivity index (χ2v) is 6.07. The van der Waals surface area contributed by atoms with Crippen molar-refractivity contribution in [1.29, 1.82) is 0 Å². The Morgan fingerprint density at radius 1 is 0.778 bits per heavy atom. The maximum Gasteiger partial charge on any atom is 0.220 e. The topological polar surface area (TPSA) is 35.3 Å². The van der Waals surface area contributed by atoms with Crippen LogP contribution in [0.25, 0.3) is 34.7 Å². The third kappa shape index (κ3) is 3.82. The zero-order valence-electron chi connectivity index (χ0n) is 15.0. The summed E-state index contributed by atoms with van der Waals surface area (Å²) in [7, 11) is 1.66. The van der Waals surface area contributed by atoms with E-state index in [1.165, 1.54) is 0 Å². The summed E-state index contributed by atoms with van der Waals surface area (Å²) in [5.74, 6) is 2.15. The highest BCUT2D eigenvalue weighted by Crippen LogP contribution is 2.33. The molecule has 0 radical (unpaired) electrons. The zero-order valence-corrected chi connectivity index (χ0v) is 15.0. The molecule has 3 nitrogen and oxygen atoms in total. The fourth-order valence-corrected chi connectivity index (χ4v) is 2.90. The maximum atomic E-state index is 6.10. The lowest BCUT2D eigenvalue weighted by molar-refractivity contribution is 0.414. The van der Waals surface area contributed by atoms with Gasteiger partial charge >= 0.3 is 0 Å². The summed E-state index contributed by atoms with van der Waals surface area (Å²) < 4.78 is 11.4. The minimum absolute atomic E-state index is 0.565. The molecule has 0 spiro atoms. The molecule has 0 atom stereocenters. The molecule has 1 aromatic heterocycles. The molecular weight excluding hydrogens is 334 g/mol. The van der Waals surface area contributed by atoms with Gasteiger partial charge in [0, 0.05) is 17.2 Å². The molecule has 3 aromatic carbocycles. The molecule has 0 aliphatic rings. The van der Waals surface area contributed by atoms with Crippen molar-refractivity contribution in [3.63, 3.8) is 0 Å². The predicted octanol–water partition coefficient (Wildman–Crippen LogP) is 6.19. The first-order chi connectivity index (χ1) is 13.3. The van der Waals surface area contributed by atoms with Gasteiger partial charge in [0.15, 0.2) is 5.76 Å². The van der Waals surface area contributed by atoms with Gasteiger partial charge in [-0.3, -0.25) is 0 Å². The molecule has 132 valence electrons. The lowest BCUT2D eigenvalue weighted by Gasteiger charge is -2.00. The second-order valence-electron chi connectivity index (χ2n) is 6.07. The Balaban J connectivity index is 1.74. The van der Waals surface area contributed by atoms with Crippen molar-refractivity contribution < 1.29 is 9.15 Å². The number of nitrogens with zero attached hydrogens (tertiary/aromatic N) is 1. The molecule has 4 aromatic rings. The number of ether oxygens (including phenoxy) is 1. The van der Waals surface area contributed by atoms with E-state index in [0.29, 0.717) is 5.89 Å². The van der Waals surface area contributed by atoms with E-state index in [2.05, 4.69) is 0 Å². The Labute approximate surface area is 158 Å². The summed E-state index contributed by atoms with van der Waals surface area (Å²) >= 11 is 0. The van der Waals surface area contributed by atoms with Crippen molar-refractivity contribution in [2.75, 3.05) is 7.11 Å². The summed E-state index contributed by atoms with van der Waals surface area (Å²) in [4.78, 5) is 4.73. The van der Waals surface area contributed by atoms with Crippen molar-refractivity contribution in [2.24, 2.45) is 0 Å². The van der Waals surface area contributed by atoms with Crippen LogP contribution in [0.15, 0.2) is 89.3 Å². The van der Waals surface area contributed by atoms with Gasteiger partial charge < -0.3 is 9.15 Å². The van der Waals surface area contributed by atoms with Crippen LogP contribution in [0, 0.1) is 0 Å². The highest BCUT2D eigenvalue weighted by molar-refractivity contribution is 5.78. The Morgan fingerprint density at radius 2 is 1.48 bits per heavy atom. The van der Waals surface area contributed by atoms with Gasteiger partial charge in [-0.2, -0.15) is 0 Å². The monoisotopic (exact) mass is 353 g/mol. The summed E-state index contributed by atoms with van der Waals surface area (Å²) in [6.07, 6.45) is 3.85. The van der Waals surface area contributed by atoms with Gasteiger partial charge in [0.1, 0.15) is 11.4 Å². The van der Waals surface area contributed by atoms with Crippen LogP contribution in [0.4, 0.5) is 0 Å². The molecule has 0 fully saturated rings. The van der Waals surface area contributed by atoms with Crippen LogP contribution >= 0.6 is 0 Å². The minimum Gasteiger partial charge on any atom is -0.497 e. The number of oxazole rings is 1. The van der Waals surface area contributed by atoms with Crippen molar-refractivity contribution in [1.82, 2.24) is 4.98 Å². The molecule has 0 amide bonds. The first-order valence-electron chi connectivity index (χ1n) is 8.77. The smallest absolute Gasteiger partial charge is 0.220 e. The highest BCUT2D eigenvalue weighted by Gasteiger charge is 2.15. The molecule has 0 bridgehead atoms. The third-order valence-corrected chi connectivity index (χ3v) is 4.24. The number of methoxy groups -OCH3 is 1. The average molecular weight is 353 g/mol. The lowest BCUT2D eigenvalue weighted by Crippen LogP contribution is -1.82. The van der Waals surface area contributed by atoms with E-state index in [0.717, 1.165) is 33.9 Å². The molecule has 0 saturated carbocycles. The summed E-state index contributed by atoms with van der Waals surface area (Å²) in [5, 5.41) is 0. The standard InChI is InChI=1S/C24H19NO2/c1-26-21-14-8-9-18(17-21)15-16-22-25-23(19-10-4-2-5-11-19)24(27-22)20-12-6-3-7-13-20/h2-17H,1H3/b16-15+. The van der Waals surface area contributed by atoms with Gasteiger partial charge in [-0.15, -0.1) is 0 Å². The third-order valence-electron chi connectivity index (χ3n) is 4.24. The van der Waals surface area contributed by atoms with E-state index in [4.69, 9.17) is 14.1 Å². The Bertz CT molecular complexity index is 993.